The largest absolute Gasteiger partial charge is 0.398 e. The van der Waals surface area contributed by atoms with Crippen molar-refractivity contribution in [3.8, 4) is 0 Å². The lowest BCUT2D eigenvalue weighted by Gasteiger charge is -2.13. The van der Waals surface area contributed by atoms with E-state index in [0.717, 1.165) is 38.5 Å². The molecule has 238 valence electrons. The standard InChI is InChI=1S/C33H64O6S/c1-3-5-7-9-11-13-15-17-19-21-23-25-27-29-31(34)33(39-40(36,37)38)32(35)30-28-26-24-22-20-18-16-14-12-10-8-6-4-2/h33H,3-30H2,1-2H3,(H,36,37,38). The zero-order chi connectivity index (χ0) is 29.7. The van der Waals surface area contributed by atoms with Gasteiger partial charge in [0.25, 0.3) is 0 Å². The smallest absolute Gasteiger partial charge is 0.296 e. The molecule has 0 rings (SSSR count). The van der Waals surface area contributed by atoms with Crippen LogP contribution < -0.4 is 0 Å². The molecule has 0 aliphatic rings. The normalized spacial score (nSPS) is 11.9. The Labute approximate surface area is 248 Å². The van der Waals surface area contributed by atoms with Crippen molar-refractivity contribution in [3.05, 3.63) is 0 Å². The average Bonchev–Trinajstić information content (AvgIpc) is 2.91. The molecule has 0 bridgehead atoms. The maximum Gasteiger partial charge on any atom is 0.398 e. The van der Waals surface area contributed by atoms with Gasteiger partial charge in [0.1, 0.15) is 0 Å². The molecule has 0 aromatic rings. The number of carbonyl (C=O) groups excluding carboxylic acids is 2. The molecular weight excluding hydrogens is 524 g/mol. The van der Waals surface area contributed by atoms with Crippen LogP contribution in [0.1, 0.15) is 194 Å². The summed E-state index contributed by atoms with van der Waals surface area (Å²) in [6.45, 7) is 4.48. The van der Waals surface area contributed by atoms with E-state index in [4.69, 9.17) is 4.55 Å². The van der Waals surface area contributed by atoms with E-state index in [2.05, 4.69) is 18.0 Å². The van der Waals surface area contributed by atoms with Gasteiger partial charge < -0.3 is 0 Å². The molecule has 0 aliphatic carbocycles. The van der Waals surface area contributed by atoms with Crippen LogP contribution >= 0.6 is 0 Å². The van der Waals surface area contributed by atoms with Crippen LogP contribution in [0, 0.1) is 0 Å². The Balaban J connectivity index is 3.95. The van der Waals surface area contributed by atoms with Crippen molar-refractivity contribution in [1.82, 2.24) is 0 Å². The molecule has 0 amide bonds. The van der Waals surface area contributed by atoms with Crippen molar-refractivity contribution < 1.29 is 26.7 Å². The summed E-state index contributed by atoms with van der Waals surface area (Å²) in [4.78, 5) is 25.2. The van der Waals surface area contributed by atoms with Gasteiger partial charge in [0, 0.05) is 12.8 Å². The van der Waals surface area contributed by atoms with Crippen LogP contribution in [0.25, 0.3) is 0 Å². The first-order chi connectivity index (χ1) is 19.3. The van der Waals surface area contributed by atoms with Crippen LogP contribution in [0.3, 0.4) is 0 Å². The highest BCUT2D eigenvalue weighted by molar-refractivity contribution is 7.81. The second-order valence-electron chi connectivity index (χ2n) is 11.8. The summed E-state index contributed by atoms with van der Waals surface area (Å²) in [6, 6.07) is 0. The maximum atomic E-state index is 12.6. The Bertz CT molecular complexity index is 649. The van der Waals surface area contributed by atoms with E-state index in [1.807, 2.05) is 0 Å². The molecule has 0 heterocycles. The Kier molecular flexibility index (Phi) is 27.8. The molecule has 0 saturated carbocycles. The van der Waals surface area contributed by atoms with Gasteiger partial charge >= 0.3 is 10.4 Å². The van der Waals surface area contributed by atoms with Crippen molar-refractivity contribution >= 4 is 22.0 Å². The quantitative estimate of drug-likeness (QED) is 0.0477. The van der Waals surface area contributed by atoms with E-state index >= 15 is 0 Å². The molecule has 0 saturated heterocycles. The summed E-state index contributed by atoms with van der Waals surface area (Å²) in [5.74, 6) is -1.08. The molecular formula is C33H64O6S. The number of ketones is 2. The van der Waals surface area contributed by atoms with Crippen molar-refractivity contribution in [2.24, 2.45) is 0 Å². The molecule has 0 aromatic carbocycles. The summed E-state index contributed by atoms with van der Waals surface area (Å²) in [5.41, 5.74) is 0. The molecule has 7 heteroatoms. The average molecular weight is 589 g/mol. The SMILES string of the molecule is CCCCCCCCCCCCCCCC(=O)C(OS(=O)(=O)O)C(=O)CCCCCCCCCCCCCCC. The summed E-state index contributed by atoms with van der Waals surface area (Å²) >= 11 is 0. The van der Waals surface area contributed by atoms with Gasteiger partial charge in [-0.3, -0.25) is 14.1 Å². The molecule has 0 unspecified atom stereocenters. The third-order valence-electron chi connectivity index (χ3n) is 7.86. The van der Waals surface area contributed by atoms with Gasteiger partial charge in [0.05, 0.1) is 0 Å². The zero-order valence-corrected chi connectivity index (χ0v) is 27.1. The minimum atomic E-state index is -4.87. The first-order valence-corrected chi connectivity index (χ1v) is 18.4. The fourth-order valence-electron chi connectivity index (χ4n) is 5.30. The summed E-state index contributed by atoms with van der Waals surface area (Å²) in [5, 5.41) is 0. The second kappa shape index (κ2) is 28.3. The molecule has 40 heavy (non-hydrogen) atoms. The number of unbranched alkanes of at least 4 members (excludes halogenated alkanes) is 24. The van der Waals surface area contributed by atoms with Crippen LogP contribution in [0.15, 0.2) is 0 Å². The van der Waals surface area contributed by atoms with Crippen LogP contribution in [-0.4, -0.2) is 30.6 Å². The Morgan fingerprint density at radius 2 is 0.700 bits per heavy atom. The molecule has 6 nitrogen and oxygen atoms in total. The van der Waals surface area contributed by atoms with Crippen molar-refractivity contribution in [2.75, 3.05) is 0 Å². The molecule has 0 fully saturated rings. The predicted molar refractivity (Wildman–Crippen MR) is 167 cm³/mol. The minimum Gasteiger partial charge on any atom is -0.296 e. The van der Waals surface area contributed by atoms with E-state index in [9.17, 15) is 18.0 Å². The highest BCUT2D eigenvalue weighted by Gasteiger charge is 2.30. The molecule has 0 atom stereocenters. The maximum absolute atomic E-state index is 12.6. The number of hydrogen-bond donors (Lipinski definition) is 1. The Morgan fingerprint density at radius 1 is 0.475 bits per heavy atom. The molecule has 0 spiro atoms. The highest BCUT2D eigenvalue weighted by Crippen LogP contribution is 2.17. The first-order valence-electron chi connectivity index (χ1n) is 17.0. The van der Waals surface area contributed by atoms with Crippen LogP contribution in [0.5, 0.6) is 0 Å². The monoisotopic (exact) mass is 588 g/mol. The highest BCUT2D eigenvalue weighted by atomic mass is 32.3. The molecule has 0 aromatic heterocycles. The van der Waals surface area contributed by atoms with E-state index in [0.29, 0.717) is 12.8 Å². The Morgan fingerprint density at radius 3 is 0.925 bits per heavy atom. The molecule has 0 aliphatic heterocycles. The van der Waals surface area contributed by atoms with E-state index < -0.39 is 28.1 Å². The van der Waals surface area contributed by atoms with Crippen molar-refractivity contribution in [1.29, 1.82) is 0 Å². The van der Waals surface area contributed by atoms with Gasteiger partial charge in [-0.2, -0.15) is 8.42 Å². The van der Waals surface area contributed by atoms with Gasteiger partial charge in [-0.25, -0.2) is 4.18 Å². The summed E-state index contributed by atoms with van der Waals surface area (Å²) in [7, 11) is -4.87. The van der Waals surface area contributed by atoms with Crippen LogP contribution in [0.4, 0.5) is 0 Å². The minimum absolute atomic E-state index is 0.0995. The molecule has 1 N–H and O–H groups in total. The summed E-state index contributed by atoms with van der Waals surface area (Å²) in [6.07, 6.45) is 29.3. The number of rotatable bonds is 32. The topological polar surface area (TPSA) is 97.7 Å². The van der Waals surface area contributed by atoms with E-state index in [1.54, 1.807) is 0 Å². The summed E-state index contributed by atoms with van der Waals surface area (Å²) < 4.78 is 36.1. The van der Waals surface area contributed by atoms with Gasteiger partial charge in [0.15, 0.2) is 17.7 Å². The van der Waals surface area contributed by atoms with Crippen LogP contribution in [-0.2, 0) is 24.2 Å². The number of Topliss-reactive ketones (excluding diaryl/α,β-unsaturated/α-hetero) is 2. The fraction of sp³-hybridized carbons (Fsp3) is 0.939. The van der Waals surface area contributed by atoms with Gasteiger partial charge in [0.2, 0.25) is 0 Å². The van der Waals surface area contributed by atoms with E-state index in [-0.39, 0.29) is 12.8 Å². The fourth-order valence-corrected chi connectivity index (χ4v) is 5.76. The molecule has 0 radical (unpaired) electrons. The lowest BCUT2D eigenvalue weighted by molar-refractivity contribution is -0.137. The third kappa shape index (κ3) is 27.4. The second-order valence-corrected chi connectivity index (χ2v) is 12.9. The van der Waals surface area contributed by atoms with E-state index in [1.165, 1.54) is 116 Å². The van der Waals surface area contributed by atoms with Crippen molar-refractivity contribution in [2.45, 2.75) is 200 Å². The van der Waals surface area contributed by atoms with Gasteiger partial charge in [-0.15, -0.1) is 0 Å². The zero-order valence-electron chi connectivity index (χ0n) is 26.3. The van der Waals surface area contributed by atoms with Gasteiger partial charge in [-0.1, -0.05) is 168 Å². The predicted octanol–water partition coefficient (Wildman–Crippen LogP) is 10.3. The first kappa shape index (κ1) is 39.2. The van der Waals surface area contributed by atoms with Gasteiger partial charge in [-0.05, 0) is 12.8 Å². The number of hydrogen-bond acceptors (Lipinski definition) is 5. The van der Waals surface area contributed by atoms with Crippen LogP contribution in [0.2, 0.25) is 0 Å². The lowest BCUT2D eigenvalue weighted by atomic mass is 9.99. The lowest BCUT2D eigenvalue weighted by Crippen LogP contribution is -2.35. The Hall–Kier alpha value is -0.790. The number of carbonyl (C=O) groups is 2. The third-order valence-corrected chi connectivity index (χ3v) is 8.29. The van der Waals surface area contributed by atoms with Crippen molar-refractivity contribution in [3.63, 3.8) is 0 Å².